The van der Waals surface area contributed by atoms with Gasteiger partial charge in [0.2, 0.25) is 11.8 Å². The summed E-state index contributed by atoms with van der Waals surface area (Å²) in [5.41, 5.74) is 1.50. The molecule has 0 fully saturated rings. The maximum Gasteiger partial charge on any atom is 0.247 e. The lowest BCUT2D eigenvalue weighted by Crippen LogP contribution is -2.36. The molecular weight excluding hydrogens is 344 g/mol. The van der Waals surface area contributed by atoms with Crippen molar-refractivity contribution in [2.75, 3.05) is 32.6 Å². The summed E-state index contributed by atoms with van der Waals surface area (Å²) in [5, 5.41) is 2.77. The summed E-state index contributed by atoms with van der Waals surface area (Å²) < 4.78 is 10.2. The Morgan fingerprint density at radius 2 is 1.74 bits per heavy atom. The van der Waals surface area contributed by atoms with Gasteiger partial charge in [0.05, 0.1) is 14.2 Å². The molecule has 0 aliphatic rings. The molecular formula is C21H24N2O4. The minimum Gasteiger partial charge on any atom is -0.497 e. The van der Waals surface area contributed by atoms with E-state index >= 15 is 0 Å². The van der Waals surface area contributed by atoms with Crippen LogP contribution in [0.5, 0.6) is 11.5 Å². The smallest absolute Gasteiger partial charge is 0.247 e. The predicted molar refractivity (Wildman–Crippen MR) is 106 cm³/mol. The Morgan fingerprint density at radius 1 is 1.04 bits per heavy atom. The van der Waals surface area contributed by atoms with Gasteiger partial charge in [0.25, 0.3) is 0 Å². The summed E-state index contributed by atoms with van der Waals surface area (Å²) >= 11 is 0. The summed E-state index contributed by atoms with van der Waals surface area (Å²) in [6.07, 6.45) is 3.16. The Morgan fingerprint density at radius 3 is 2.37 bits per heavy atom. The molecule has 0 spiro atoms. The van der Waals surface area contributed by atoms with E-state index in [0.29, 0.717) is 18.0 Å². The van der Waals surface area contributed by atoms with E-state index in [1.165, 1.54) is 11.0 Å². The largest absolute Gasteiger partial charge is 0.497 e. The number of carbonyl (C=O) groups is 2. The van der Waals surface area contributed by atoms with Crippen LogP contribution in [-0.2, 0) is 9.59 Å². The van der Waals surface area contributed by atoms with E-state index in [9.17, 15) is 9.59 Å². The monoisotopic (exact) mass is 368 g/mol. The van der Waals surface area contributed by atoms with Gasteiger partial charge in [-0.05, 0) is 55.0 Å². The summed E-state index contributed by atoms with van der Waals surface area (Å²) in [5.74, 6) is 0.937. The highest BCUT2D eigenvalue weighted by atomic mass is 16.5. The number of likely N-dealkylation sites (N-methyl/N-ethyl adjacent to an activating group) is 1. The molecule has 1 N–H and O–H groups in total. The van der Waals surface area contributed by atoms with Crippen LogP contribution in [0, 0.1) is 0 Å². The van der Waals surface area contributed by atoms with Crippen molar-refractivity contribution in [3.63, 3.8) is 0 Å². The van der Waals surface area contributed by atoms with Crippen LogP contribution in [-0.4, -0.2) is 44.0 Å². The van der Waals surface area contributed by atoms with Crippen molar-refractivity contribution in [2.45, 2.75) is 6.92 Å². The fourth-order valence-electron chi connectivity index (χ4n) is 2.41. The second-order valence-corrected chi connectivity index (χ2v) is 5.74. The van der Waals surface area contributed by atoms with E-state index < -0.39 is 0 Å². The molecule has 0 aliphatic heterocycles. The van der Waals surface area contributed by atoms with Crippen LogP contribution < -0.4 is 14.8 Å². The zero-order valence-corrected chi connectivity index (χ0v) is 15.8. The molecule has 0 unspecified atom stereocenters. The topological polar surface area (TPSA) is 67.9 Å². The van der Waals surface area contributed by atoms with Crippen molar-refractivity contribution in [1.29, 1.82) is 0 Å². The lowest BCUT2D eigenvalue weighted by atomic mass is 10.2. The second kappa shape index (κ2) is 10.0. The number of nitrogens with zero attached hydrogens (tertiary/aromatic N) is 1. The molecule has 0 bridgehead atoms. The van der Waals surface area contributed by atoms with Crippen LogP contribution in [0.25, 0.3) is 6.08 Å². The number of carbonyl (C=O) groups excluding carboxylic acids is 2. The number of anilines is 1. The summed E-state index contributed by atoms with van der Waals surface area (Å²) in [6, 6.07) is 14.4. The van der Waals surface area contributed by atoms with E-state index in [1.807, 2.05) is 31.2 Å². The minimum atomic E-state index is -0.259. The van der Waals surface area contributed by atoms with Gasteiger partial charge in [-0.1, -0.05) is 12.1 Å². The standard InChI is InChI=1S/C21H24N2O4/c1-4-23(15-20(24)22-17-9-11-18(26-2)12-10-17)21(25)13-8-16-6-5-7-19(14-16)27-3/h5-14H,4,15H2,1-3H3,(H,22,24)/b13-8+. The molecule has 0 atom stereocenters. The maximum atomic E-state index is 12.4. The average molecular weight is 368 g/mol. The Kier molecular flexibility index (Phi) is 7.43. The zero-order chi connectivity index (χ0) is 19.6. The lowest BCUT2D eigenvalue weighted by molar-refractivity contribution is -0.130. The molecule has 2 aromatic rings. The fourth-order valence-corrected chi connectivity index (χ4v) is 2.41. The van der Waals surface area contributed by atoms with E-state index in [-0.39, 0.29) is 18.4 Å². The molecule has 6 nitrogen and oxygen atoms in total. The maximum absolute atomic E-state index is 12.4. The number of hydrogen-bond donors (Lipinski definition) is 1. The van der Waals surface area contributed by atoms with E-state index in [1.54, 1.807) is 44.6 Å². The molecule has 0 aliphatic carbocycles. The van der Waals surface area contributed by atoms with Gasteiger partial charge in [0.15, 0.2) is 0 Å². The first-order valence-electron chi connectivity index (χ1n) is 8.60. The number of nitrogens with one attached hydrogen (secondary N) is 1. The summed E-state index contributed by atoms with van der Waals surface area (Å²) in [6.45, 7) is 2.24. The predicted octanol–water partition coefficient (Wildman–Crippen LogP) is 3.20. The van der Waals surface area contributed by atoms with Crippen LogP contribution in [0.15, 0.2) is 54.6 Å². The molecule has 0 saturated heterocycles. The summed E-state index contributed by atoms with van der Waals surface area (Å²) in [4.78, 5) is 26.1. The molecule has 0 heterocycles. The van der Waals surface area contributed by atoms with Crippen molar-refractivity contribution in [1.82, 2.24) is 4.90 Å². The van der Waals surface area contributed by atoms with Gasteiger partial charge in [0.1, 0.15) is 18.0 Å². The highest BCUT2D eigenvalue weighted by molar-refractivity contribution is 5.98. The average Bonchev–Trinajstić information content (AvgIpc) is 2.71. The Hall–Kier alpha value is -3.28. The van der Waals surface area contributed by atoms with Crippen LogP contribution in [0.2, 0.25) is 0 Å². The van der Waals surface area contributed by atoms with E-state index in [0.717, 1.165) is 11.3 Å². The minimum absolute atomic E-state index is 0.0240. The molecule has 27 heavy (non-hydrogen) atoms. The Bertz CT molecular complexity index is 800. The Labute approximate surface area is 159 Å². The van der Waals surface area contributed by atoms with Gasteiger partial charge >= 0.3 is 0 Å². The quantitative estimate of drug-likeness (QED) is 0.727. The number of rotatable bonds is 8. The van der Waals surface area contributed by atoms with Crippen LogP contribution in [0.1, 0.15) is 12.5 Å². The molecule has 2 amide bonds. The van der Waals surface area contributed by atoms with Crippen molar-refractivity contribution >= 4 is 23.6 Å². The van der Waals surface area contributed by atoms with Gasteiger partial charge in [-0.3, -0.25) is 9.59 Å². The molecule has 6 heteroatoms. The van der Waals surface area contributed by atoms with Crippen molar-refractivity contribution in [2.24, 2.45) is 0 Å². The zero-order valence-electron chi connectivity index (χ0n) is 15.8. The fraction of sp³-hybridized carbons (Fsp3) is 0.238. The first-order chi connectivity index (χ1) is 13.0. The van der Waals surface area contributed by atoms with Gasteiger partial charge < -0.3 is 19.7 Å². The van der Waals surface area contributed by atoms with Gasteiger partial charge in [-0.2, -0.15) is 0 Å². The van der Waals surface area contributed by atoms with Crippen LogP contribution in [0.3, 0.4) is 0 Å². The van der Waals surface area contributed by atoms with Crippen molar-refractivity contribution in [3.8, 4) is 11.5 Å². The molecule has 142 valence electrons. The van der Waals surface area contributed by atoms with Gasteiger partial charge in [0, 0.05) is 18.3 Å². The number of ether oxygens (including phenoxy) is 2. The summed E-state index contributed by atoms with van der Waals surface area (Å²) in [7, 11) is 3.17. The third-order valence-corrected chi connectivity index (χ3v) is 3.91. The molecule has 0 aromatic heterocycles. The number of benzene rings is 2. The van der Waals surface area contributed by atoms with Crippen LogP contribution in [0.4, 0.5) is 5.69 Å². The highest BCUT2D eigenvalue weighted by Gasteiger charge is 2.13. The Balaban J connectivity index is 1.94. The molecule has 2 rings (SSSR count). The van der Waals surface area contributed by atoms with E-state index in [4.69, 9.17) is 9.47 Å². The van der Waals surface area contributed by atoms with Crippen LogP contribution >= 0.6 is 0 Å². The number of amides is 2. The molecule has 2 aromatic carbocycles. The van der Waals surface area contributed by atoms with Gasteiger partial charge in [-0.15, -0.1) is 0 Å². The SMILES string of the molecule is CCN(CC(=O)Nc1ccc(OC)cc1)C(=O)/C=C/c1cccc(OC)c1. The lowest BCUT2D eigenvalue weighted by Gasteiger charge is -2.18. The van der Waals surface area contributed by atoms with Gasteiger partial charge in [-0.25, -0.2) is 0 Å². The normalized spacial score (nSPS) is 10.5. The number of hydrogen-bond acceptors (Lipinski definition) is 4. The van der Waals surface area contributed by atoms with E-state index in [2.05, 4.69) is 5.32 Å². The first-order valence-corrected chi connectivity index (χ1v) is 8.60. The molecule has 0 saturated carbocycles. The molecule has 0 radical (unpaired) electrons. The second-order valence-electron chi connectivity index (χ2n) is 5.74. The third kappa shape index (κ3) is 6.18. The highest BCUT2D eigenvalue weighted by Crippen LogP contribution is 2.15. The van der Waals surface area contributed by atoms with Crippen molar-refractivity contribution in [3.05, 3.63) is 60.2 Å². The number of methoxy groups -OCH3 is 2. The van der Waals surface area contributed by atoms with Crippen molar-refractivity contribution < 1.29 is 19.1 Å². The first kappa shape index (κ1) is 20.0. The third-order valence-electron chi connectivity index (χ3n) is 3.91.